The minimum Gasteiger partial charge on any atom is -0.444 e. The molecule has 12 nitrogen and oxygen atoms in total. The van der Waals surface area contributed by atoms with Crippen molar-refractivity contribution in [3.05, 3.63) is 48.7 Å². The molecule has 0 aliphatic carbocycles. The monoisotopic (exact) mass is 571 g/mol. The molecule has 0 unspecified atom stereocenters. The van der Waals surface area contributed by atoms with Crippen molar-refractivity contribution in [1.29, 1.82) is 0 Å². The van der Waals surface area contributed by atoms with Gasteiger partial charge in [0.1, 0.15) is 5.60 Å². The molecule has 0 bridgehead atoms. The van der Waals surface area contributed by atoms with Crippen LogP contribution in [0.3, 0.4) is 0 Å². The van der Waals surface area contributed by atoms with Crippen LogP contribution >= 0.6 is 0 Å². The summed E-state index contributed by atoms with van der Waals surface area (Å²) in [5.74, 6) is 1.65. The molecule has 220 valence electrons. The molecule has 6 rings (SSSR count). The van der Waals surface area contributed by atoms with Crippen LogP contribution in [-0.4, -0.2) is 87.2 Å². The van der Waals surface area contributed by atoms with E-state index in [9.17, 15) is 4.79 Å². The Kier molecular flexibility index (Phi) is 7.79. The number of nitrogens with one attached hydrogen (secondary N) is 3. The average Bonchev–Trinajstić information content (AvgIpc) is 3.46. The second kappa shape index (κ2) is 11.8. The lowest BCUT2D eigenvalue weighted by Gasteiger charge is -2.34. The van der Waals surface area contributed by atoms with Gasteiger partial charge < -0.3 is 29.9 Å². The molecule has 42 heavy (non-hydrogen) atoms. The zero-order valence-electron chi connectivity index (χ0n) is 24.3. The van der Waals surface area contributed by atoms with Crippen molar-refractivity contribution < 1.29 is 14.3 Å². The van der Waals surface area contributed by atoms with E-state index in [0.717, 1.165) is 40.7 Å². The molecule has 2 aliphatic heterocycles. The summed E-state index contributed by atoms with van der Waals surface area (Å²) >= 11 is 0. The molecule has 2 aromatic carbocycles. The molecular formula is C30H37N9O3. The van der Waals surface area contributed by atoms with Crippen LogP contribution < -0.4 is 15.5 Å². The van der Waals surface area contributed by atoms with Crippen molar-refractivity contribution in [2.45, 2.75) is 45.3 Å². The van der Waals surface area contributed by atoms with Crippen LogP contribution in [0.5, 0.6) is 0 Å². The fraction of sp³-hybridized carbons (Fsp3) is 0.433. The number of hydrogen-bond donors (Lipinski definition) is 3. The molecular weight excluding hydrogens is 534 g/mol. The summed E-state index contributed by atoms with van der Waals surface area (Å²) in [5.41, 5.74) is 3.16. The summed E-state index contributed by atoms with van der Waals surface area (Å²) < 4.78 is 11.1. The maximum atomic E-state index is 12.4. The third-order valence-electron chi connectivity index (χ3n) is 7.28. The molecule has 0 radical (unpaired) electrons. The first kappa shape index (κ1) is 27.7. The lowest BCUT2D eigenvalue weighted by Crippen LogP contribution is -2.44. The van der Waals surface area contributed by atoms with Crippen molar-refractivity contribution in [1.82, 2.24) is 30.0 Å². The first-order chi connectivity index (χ1) is 20.3. The maximum Gasteiger partial charge on any atom is 0.410 e. The molecule has 4 aromatic rings. The van der Waals surface area contributed by atoms with Gasteiger partial charge >= 0.3 is 6.09 Å². The number of morpholine rings is 1. The Balaban J connectivity index is 1.18. The molecule has 12 heteroatoms. The van der Waals surface area contributed by atoms with Crippen molar-refractivity contribution in [3.8, 4) is 11.4 Å². The minimum absolute atomic E-state index is 0.246. The largest absolute Gasteiger partial charge is 0.444 e. The topological polar surface area (TPSA) is 133 Å². The van der Waals surface area contributed by atoms with Gasteiger partial charge in [0.05, 0.1) is 24.9 Å². The van der Waals surface area contributed by atoms with Crippen LogP contribution in [-0.2, 0) is 9.47 Å². The Bertz CT molecular complexity index is 1540. The third kappa shape index (κ3) is 6.54. The van der Waals surface area contributed by atoms with Gasteiger partial charge in [-0.25, -0.2) is 4.79 Å². The van der Waals surface area contributed by atoms with E-state index in [-0.39, 0.29) is 12.1 Å². The Morgan fingerprint density at radius 3 is 2.55 bits per heavy atom. The van der Waals surface area contributed by atoms with Gasteiger partial charge in [0.25, 0.3) is 0 Å². The number of aromatic amines is 1. The SMILES string of the molecule is CC(C)(C)OC(=O)N1CCC(Nc2cccc(Nc3nc(-c4cccc5[nH]ncc45)nc(N4CCOCC4)n3)c2)CC1. The summed E-state index contributed by atoms with van der Waals surface area (Å²) in [6.07, 6.45) is 3.24. The number of aromatic nitrogens is 5. The quantitative estimate of drug-likeness (QED) is 0.296. The summed E-state index contributed by atoms with van der Waals surface area (Å²) in [6, 6.07) is 14.3. The number of H-pyrrole nitrogens is 1. The molecule has 0 spiro atoms. The van der Waals surface area contributed by atoms with E-state index in [2.05, 4.69) is 31.8 Å². The second-order valence-electron chi connectivity index (χ2n) is 11.6. The fourth-order valence-electron chi connectivity index (χ4n) is 5.19. The Morgan fingerprint density at radius 2 is 1.76 bits per heavy atom. The van der Waals surface area contributed by atoms with Crippen LogP contribution in [0.2, 0.25) is 0 Å². The number of piperidine rings is 1. The zero-order valence-corrected chi connectivity index (χ0v) is 24.3. The number of carbonyl (C=O) groups is 1. The lowest BCUT2D eigenvalue weighted by molar-refractivity contribution is 0.0210. The Labute approximate surface area is 244 Å². The fourth-order valence-corrected chi connectivity index (χ4v) is 5.19. The minimum atomic E-state index is -0.492. The van der Waals surface area contributed by atoms with E-state index >= 15 is 0 Å². The van der Waals surface area contributed by atoms with Gasteiger partial charge in [-0.05, 0) is 57.9 Å². The van der Waals surface area contributed by atoms with E-state index in [1.54, 1.807) is 11.1 Å². The van der Waals surface area contributed by atoms with Crippen LogP contribution in [0.1, 0.15) is 33.6 Å². The van der Waals surface area contributed by atoms with Crippen LogP contribution in [0.4, 0.5) is 28.1 Å². The van der Waals surface area contributed by atoms with Gasteiger partial charge in [-0.3, -0.25) is 5.10 Å². The van der Waals surface area contributed by atoms with Crippen LogP contribution in [0.15, 0.2) is 48.7 Å². The van der Waals surface area contributed by atoms with Gasteiger partial charge in [0, 0.05) is 54.5 Å². The van der Waals surface area contributed by atoms with Gasteiger partial charge in [-0.1, -0.05) is 18.2 Å². The lowest BCUT2D eigenvalue weighted by atomic mass is 10.0. The van der Waals surface area contributed by atoms with E-state index in [1.807, 2.05) is 57.2 Å². The highest BCUT2D eigenvalue weighted by Crippen LogP contribution is 2.28. The number of amides is 1. The Morgan fingerprint density at radius 1 is 1.00 bits per heavy atom. The first-order valence-electron chi connectivity index (χ1n) is 14.4. The van der Waals surface area contributed by atoms with Crippen molar-refractivity contribution in [2.24, 2.45) is 0 Å². The number of hydrogen-bond acceptors (Lipinski definition) is 10. The molecule has 3 N–H and O–H groups in total. The summed E-state index contributed by atoms with van der Waals surface area (Å²) in [6.45, 7) is 9.68. The maximum absolute atomic E-state index is 12.4. The summed E-state index contributed by atoms with van der Waals surface area (Å²) in [4.78, 5) is 30.8. The smallest absolute Gasteiger partial charge is 0.410 e. The summed E-state index contributed by atoms with van der Waals surface area (Å²) in [7, 11) is 0. The number of likely N-dealkylation sites (tertiary alicyclic amines) is 1. The van der Waals surface area contributed by atoms with Crippen LogP contribution in [0, 0.1) is 0 Å². The highest BCUT2D eigenvalue weighted by Gasteiger charge is 2.27. The van der Waals surface area contributed by atoms with Gasteiger partial charge in [-0.15, -0.1) is 0 Å². The highest BCUT2D eigenvalue weighted by atomic mass is 16.6. The molecule has 0 atom stereocenters. The van der Waals surface area contributed by atoms with E-state index in [1.165, 1.54) is 0 Å². The predicted octanol–water partition coefficient (Wildman–Crippen LogP) is 4.81. The number of anilines is 4. The van der Waals surface area contributed by atoms with Crippen molar-refractivity contribution in [3.63, 3.8) is 0 Å². The summed E-state index contributed by atoms with van der Waals surface area (Å²) in [5, 5.41) is 15.2. The number of ether oxygens (including phenoxy) is 2. The van der Waals surface area contributed by atoms with E-state index in [0.29, 0.717) is 57.1 Å². The zero-order chi connectivity index (χ0) is 29.1. The van der Waals surface area contributed by atoms with Gasteiger partial charge in [-0.2, -0.15) is 20.1 Å². The average molecular weight is 572 g/mol. The van der Waals surface area contributed by atoms with Crippen LogP contribution in [0.25, 0.3) is 22.3 Å². The predicted molar refractivity (Wildman–Crippen MR) is 162 cm³/mol. The van der Waals surface area contributed by atoms with Crippen molar-refractivity contribution in [2.75, 3.05) is 54.9 Å². The van der Waals surface area contributed by atoms with E-state index < -0.39 is 5.60 Å². The first-order valence-corrected chi connectivity index (χ1v) is 14.4. The Hall–Kier alpha value is -4.45. The second-order valence-corrected chi connectivity index (χ2v) is 11.6. The molecule has 1 amide bonds. The van der Waals surface area contributed by atoms with Crippen molar-refractivity contribution >= 4 is 40.3 Å². The number of benzene rings is 2. The van der Waals surface area contributed by atoms with E-state index in [4.69, 9.17) is 24.4 Å². The number of fused-ring (bicyclic) bond motifs is 1. The number of rotatable bonds is 6. The molecule has 2 aliphatic rings. The molecule has 2 fully saturated rings. The normalized spacial score (nSPS) is 16.5. The molecule has 4 heterocycles. The molecule has 0 saturated carbocycles. The van der Waals surface area contributed by atoms with Gasteiger partial charge in [0.15, 0.2) is 5.82 Å². The molecule has 2 aromatic heterocycles. The standard InChI is InChI=1S/C30H37N9O3/c1-30(2,3)42-29(40)39-12-10-20(11-13-39)32-21-6-4-7-22(18-21)33-27-34-26(23-8-5-9-25-24(23)19-31-37-25)35-28(36-27)38-14-16-41-17-15-38/h4-9,18-20,32H,10-17H2,1-3H3,(H,31,37)(H,33,34,35,36). The number of nitrogens with zero attached hydrogens (tertiary/aromatic N) is 6. The highest BCUT2D eigenvalue weighted by molar-refractivity contribution is 5.92. The molecule has 2 saturated heterocycles. The number of carbonyl (C=O) groups excluding carboxylic acids is 1. The third-order valence-corrected chi connectivity index (χ3v) is 7.28. The van der Waals surface area contributed by atoms with Gasteiger partial charge in [0.2, 0.25) is 11.9 Å².